The molecule has 158 valence electrons. The maximum absolute atomic E-state index is 12.2. The van der Waals surface area contributed by atoms with E-state index in [1.165, 1.54) is 12.0 Å². The zero-order valence-corrected chi connectivity index (χ0v) is 17.0. The minimum absolute atomic E-state index is 0.172. The van der Waals surface area contributed by atoms with E-state index < -0.39 is 23.9 Å². The molecule has 1 atom stereocenters. The van der Waals surface area contributed by atoms with Crippen molar-refractivity contribution in [1.82, 2.24) is 4.90 Å². The molecular weight excluding hydrogens is 352 g/mol. The van der Waals surface area contributed by atoms with E-state index in [9.17, 15) is 14.4 Å². The Morgan fingerprint density at radius 1 is 0.889 bits per heavy atom. The molecule has 0 spiro atoms. The summed E-state index contributed by atoms with van der Waals surface area (Å²) in [6.45, 7) is 4.80. The molecule has 0 aromatic heterocycles. The summed E-state index contributed by atoms with van der Waals surface area (Å²) in [4.78, 5) is 38.0. The summed E-state index contributed by atoms with van der Waals surface area (Å²) in [5.41, 5.74) is 5.52. The first kappa shape index (κ1) is 25.3. The van der Waals surface area contributed by atoms with Crippen LogP contribution < -0.4 is 5.73 Å². The monoisotopic (exact) mass is 388 g/mol. The van der Waals surface area contributed by atoms with Crippen molar-refractivity contribution in [3.05, 3.63) is 0 Å². The van der Waals surface area contributed by atoms with E-state index in [0.29, 0.717) is 32.6 Å². The third kappa shape index (κ3) is 12.4. The summed E-state index contributed by atoms with van der Waals surface area (Å²) >= 11 is 0. The molecule has 0 aliphatic rings. The average Bonchev–Trinajstić information content (AvgIpc) is 2.64. The highest BCUT2D eigenvalue weighted by Gasteiger charge is 2.30. The fourth-order valence-corrected chi connectivity index (χ4v) is 2.43. The van der Waals surface area contributed by atoms with Crippen LogP contribution in [0.5, 0.6) is 0 Å². The molecule has 8 nitrogen and oxygen atoms in total. The largest absolute Gasteiger partial charge is 0.468 e. The molecule has 0 radical (unpaired) electrons. The minimum Gasteiger partial charge on any atom is -0.468 e. The first-order valence-corrected chi connectivity index (χ1v) is 9.83. The molecule has 0 rings (SSSR count). The summed E-state index contributed by atoms with van der Waals surface area (Å²) in [5.74, 6) is -1.44. The van der Waals surface area contributed by atoms with Crippen LogP contribution in [-0.4, -0.2) is 68.8 Å². The zero-order valence-electron chi connectivity index (χ0n) is 17.0. The molecule has 0 amide bonds. The van der Waals surface area contributed by atoms with Gasteiger partial charge in [0, 0.05) is 0 Å². The second-order valence-electron chi connectivity index (χ2n) is 6.38. The van der Waals surface area contributed by atoms with Gasteiger partial charge in [-0.1, -0.05) is 33.1 Å². The minimum atomic E-state index is -0.723. The van der Waals surface area contributed by atoms with E-state index in [1.54, 1.807) is 0 Å². The van der Waals surface area contributed by atoms with Crippen LogP contribution in [0, 0.1) is 0 Å². The highest BCUT2D eigenvalue weighted by molar-refractivity contribution is 5.80. The molecule has 0 unspecified atom stereocenters. The van der Waals surface area contributed by atoms with Gasteiger partial charge < -0.3 is 19.9 Å². The van der Waals surface area contributed by atoms with Crippen molar-refractivity contribution in [2.75, 3.05) is 40.0 Å². The Kier molecular flexibility index (Phi) is 15.5. The van der Waals surface area contributed by atoms with Crippen molar-refractivity contribution in [1.29, 1.82) is 0 Å². The predicted molar refractivity (Wildman–Crippen MR) is 102 cm³/mol. The number of esters is 3. The summed E-state index contributed by atoms with van der Waals surface area (Å²) in [7, 11) is 1.29. The van der Waals surface area contributed by atoms with E-state index in [1.807, 2.05) is 13.8 Å². The lowest BCUT2D eigenvalue weighted by molar-refractivity contribution is -0.155. The van der Waals surface area contributed by atoms with Gasteiger partial charge in [-0.15, -0.1) is 0 Å². The molecule has 0 heterocycles. The number of methoxy groups -OCH3 is 1. The number of carbonyl (C=O) groups excluding carboxylic acids is 3. The summed E-state index contributed by atoms with van der Waals surface area (Å²) < 4.78 is 15.2. The Morgan fingerprint density at radius 3 is 1.81 bits per heavy atom. The number of carbonyl (C=O) groups is 3. The van der Waals surface area contributed by atoms with Gasteiger partial charge in [-0.2, -0.15) is 0 Å². The van der Waals surface area contributed by atoms with Crippen molar-refractivity contribution in [3.8, 4) is 0 Å². The summed E-state index contributed by atoms with van der Waals surface area (Å²) in [5, 5.41) is 0. The van der Waals surface area contributed by atoms with Gasteiger partial charge in [0.05, 0.1) is 33.4 Å². The maximum atomic E-state index is 12.2. The van der Waals surface area contributed by atoms with Crippen molar-refractivity contribution in [2.24, 2.45) is 5.73 Å². The predicted octanol–water partition coefficient (Wildman–Crippen LogP) is 1.65. The van der Waals surface area contributed by atoms with Crippen LogP contribution >= 0.6 is 0 Å². The van der Waals surface area contributed by atoms with Crippen molar-refractivity contribution >= 4 is 17.9 Å². The van der Waals surface area contributed by atoms with E-state index >= 15 is 0 Å². The molecule has 0 saturated carbocycles. The maximum Gasteiger partial charge on any atom is 0.323 e. The van der Waals surface area contributed by atoms with Gasteiger partial charge >= 0.3 is 17.9 Å². The number of nitrogens with two attached hydrogens (primary N) is 1. The van der Waals surface area contributed by atoms with Crippen LogP contribution in [0.3, 0.4) is 0 Å². The van der Waals surface area contributed by atoms with Crippen molar-refractivity contribution in [2.45, 2.75) is 64.8 Å². The van der Waals surface area contributed by atoms with Crippen LogP contribution in [0.1, 0.15) is 58.8 Å². The number of nitrogens with zero attached hydrogens (tertiary/aromatic N) is 1. The van der Waals surface area contributed by atoms with E-state index in [2.05, 4.69) is 0 Å². The quantitative estimate of drug-likeness (QED) is 0.241. The van der Waals surface area contributed by atoms with Gasteiger partial charge in [0.25, 0.3) is 0 Å². The number of ether oxygens (including phenoxy) is 3. The fraction of sp³-hybridized carbons (Fsp3) is 0.842. The van der Waals surface area contributed by atoms with Gasteiger partial charge in [-0.25, -0.2) is 0 Å². The number of hydrogen-bond donors (Lipinski definition) is 1. The molecule has 0 aromatic rings. The Bertz CT molecular complexity index is 406. The normalized spacial score (nSPS) is 11.9. The topological polar surface area (TPSA) is 108 Å². The highest BCUT2D eigenvalue weighted by atomic mass is 16.5. The molecule has 0 saturated heterocycles. The van der Waals surface area contributed by atoms with Gasteiger partial charge in [0.15, 0.2) is 0 Å². The Hall–Kier alpha value is -1.67. The van der Waals surface area contributed by atoms with Gasteiger partial charge in [0.2, 0.25) is 0 Å². The van der Waals surface area contributed by atoms with Gasteiger partial charge in [-0.05, 0) is 32.2 Å². The lowest BCUT2D eigenvalue weighted by Crippen LogP contribution is -2.47. The Morgan fingerprint density at radius 2 is 1.41 bits per heavy atom. The van der Waals surface area contributed by atoms with Gasteiger partial charge in [0.1, 0.15) is 6.04 Å². The molecule has 0 aliphatic heterocycles. The average molecular weight is 389 g/mol. The number of rotatable bonds is 16. The van der Waals surface area contributed by atoms with Gasteiger partial charge in [-0.3, -0.25) is 19.3 Å². The summed E-state index contributed by atoms with van der Waals surface area (Å²) in [6, 6.07) is -0.723. The molecule has 0 fully saturated rings. The van der Waals surface area contributed by atoms with Crippen LogP contribution in [0.4, 0.5) is 0 Å². The highest BCUT2D eigenvalue weighted by Crippen LogP contribution is 2.12. The van der Waals surface area contributed by atoms with E-state index in [0.717, 1.165) is 32.1 Å². The molecule has 2 N–H and O–H groups in total. The Labute approximate surface area is 162 Å². The smallest absolute Gasteiger partial charge is 0.323 e. The van der Waals surface area contributed by atoms with Crippen LogP contribution in [0.25, 0.3) is 0 Å². The van der Waals surface area contributed by atoms with Crippen molar-refractivity contribution in [3.63, 3.8) is 0 Å². The SMILES string of the molecule is CCCCOC(=O)CN(CC(=O)OCCCC)[C@@H](CCCCN)C(=O)OC. The molecule has 0 bridgehead atoms. The zero-order chi connectivity index (χ0) is 20.5. The molecule has 8 heteroatoms. The van der Waals surface area contributed by atoms with E-state index in [4.69, 9.17) is 19.9 Å². The van der Waals surface area contributed by atoms with Crippen LogP contribution in [0.2, 0.25) is 0 Å². The second kappa shape index (κ2) is 16.5. The van der Waals surface area contributed by atoms with Crippen LogP contribution in [0.15, 0.2) is 0 Å². The third-order valence-corrected chi connectivity index (χ3v) is 4.03. The summed E-state index contributed by atoms with van der Waals surface area (Å²) in [6.07, 6.45) is 5.21. The fourth-order valence-electron chi connectivity index (χ4n) is 2.43. The molecule has 0 aromatic carbocycles. The third-order valence-electron chi connectivity index (χ3n) is 4.03. The lowest BCUT2D eigenvalue weighted by atomic mass is 10.1. The van der Waals surface area contributed by atoms with E-state index in [-0.39, 0.29) is 13.1 Å². The Balaban J connectivity index is 5.03. The number of hydrogen-bond acceptors (Lipinski definition) is 8. The molecule has 27 heavy (non-hydrogen) atoms. The lowest BCUT2D eigenvalue weighted by Gasteiger charge is -2.28. The first-order chi connectivity index (χ1) is 13.0. The van der Waals surface area contributed by atoms with Crippen LogP contribution in [-0.2, 0) is 28.6 Å². The standard InChI is InChI=1S/C19H36N2O6/c1-4-6-12-26-17(22)14-21(15-18(23)27-13-7-5-2)16(19(24)25-3)10-8-9-11-20/h16H,4-15,20H2,1-3H3/t16-/m0/s1. The number of unbranched alkanes of at least 4 members (excludes halogenated alkanes) is 3. The van der Waals surface area contributed by atoms with Crippen molar-refractivity contribution < 1.29 is 28.6 Å². The molecular formula is C19H36N2O6. The second-order valence-corrected chi connectivity index (χ2v) is 6.38. The molecule has 0 aliphatic carbocycles. The first-order valence-electron chi connectivity index (χ1n) is 9.83.